The zero-order chi connectivity index (χ0) is 22.5. The Bertz CT molecular complexity index is 1310. The van der Waals surface area contributed by atoms with Crippen LogP contribution in [-0.4, -0.2) is 17.0 Å². The number of nitro groups is 1. The summed E-state index contributed by atoms with van der Waals surface area (Å²) in [5.41, 5.74) is 4.13. The van der Waals surface area contributed by atoms with Gasteiger partial charge in [0.2, 0.25) is 0 Å². The summed E-state index contributed by atoms with van der Waals surface area (Å²) in [5, 5.41) is 15.2. The third-order valence-electron chi connectivity index (χ3n) is 4.49. The number of nitrogens with zero attached hydrogens (tertiary/aromatic N) is 2. The van der Waals surface area contributed by atoms with Gasteiger partial charge >= 0.3 is 5.91 Å². The lowest BCUT2D eigenvalue weighted by atomic mass is 10.2. The van der Waals surface area contributed by atoms with E-state index in [1.54, 1.807) is 36.4 Å². The van der Waals surface area contributed by atoms with Crippen LogP contribution in [0.5, 0.6) is 5.75 Å². The van der Waals surface area contributed by atoms with E-state index < -0.39 is 10.8 Å². The van der Waals surface area contributed by atoms with Crippen molar-refractivity contribution in [2.45, 2.75) is 6.61 Å². The molecule has 4 rings (SSSR count). The largest absolute Gasteiger partial charge is 0.489 e. The van der Waals surface area contributed by atoms with Crippen LogP contribution in [0.15, 0.2) is 82.3 Å². The van der Waals surface area contributed by atoms with Crippen LogP contribution in [0.4, 0.5) is 10.1 Å². The Kier molecular flexibility index (Phi) is 5.89. The number of amides is 1. The first-order valence-electron chi connectivity index (χ1n) is 9.47. The molecule has 0 aliphatic rings. The number of nitro benzene ring substituents is 1. The molecule has 0 radical (unpaired) electrons. The summed E-state index contributed by atoms with van der Waals surface area (Å²) in [5.74, 6) is -0.334. The molecule has 1 N–H and O–H groups in total. The minimum Gasteiger partial charge on any atom is -0.489 e. The van der Waals surface area contributed by atoms with E-state index in [-0.39, 0.29) is 23.9 Å². The van der Waals surface area contributed by atoms with E-state index in [2.05, 4.69) is 10.5 Å². The van der Waals surface area contributed by atoms with Crippen LogP contribution < -0.4 is 10.2 Å². The summed E-state index contributed by atoms with van der Waals surface area (Å²) in [7, 11) is 0. The van der Waals surface area contributed by atoms with Crippen molar-refractivity contribution in [1.82, 2.24) is 5.43 Å². The number of fused-ring (bicyclic) bond motifs is 1. The smallest absolute Gasteiger partial charge is 0.307 e. The fourth-order valence-corrected chi connectivity index (χ4v) is 2.91. The van der Waals surface area contributed by atoms with E-state index in [0.717, 1.165) is 5.56 Å². The average molecular weight is 433 g/mol. The number of furan rings is 1. The predicted octanol–water partition coefficient (Wildman–Crippen LogP) is 4.82. The molecule has 0 saturated heterocycles. The minimum atomic E-state index is -0.594. The summed E-state index contributed by atoms with van der Waals surface area (Å²) in [4.78, 5) is 22.6. The number of carbonyl (C=O) groups is 1. The van der Waals surface area contributed by atoms with Gasteiger partial charge in [-0.3, -0.25) is 14.9 Å². The molecule has 0 spiro atoms. The minimum absolute atomic E-state index is 0.0194. The van der Waals surface area contributed by atoms with Crippen molar-refractivity contribution in [2.24, 2.45) is 5.10 Å². The highest BCUT2D eigenvalue weighted by Crippen LogP contribution is 2.24. The third-order valence-corrected chi connectivity index (χ3v) is 4.49. The van der Waals surface area contributed by atoms with Crippen molar-refractivity contribution in [2.75, 3.05) is 0 Å². The Morgan fingerprint density at radius 3 is 2.72 bits per heavy atom. The number of hydrazone groups is 1. The van der Waals surface area contributed by atoms with Gasteiger partial charge in [-0.1, -0.05) is 24.3 Å². The molecule has 32 heavy (non-hydrogen) atoms. The number of non-ortho nitro benzene ring substituents is 1. The molecule has 0 bridgehead atoms. The molecule has 3 aromatic carbocycles. The van der Waals surface area contributed by atoms with Gasteiger partial charge in [-0.25, -0.2) is 9.82 Å². The van der Waals surface area contributed by atoms with E-state index >= 15 is 0 Å². The maximum atomic E-state index is 13.0. The van der Waals surface area contributed by atoms with Crippen LogP contribution in [0, 0.1) is 15.9 Å². The highest BCUT2D eigenvalue weighted by molar-refractivity contribution is 5.97. The summed E-state index contributed by atoms with van der Waals surface area (Å²) in [6.07, 6.45) is 1.44. The van der Waals surface area contributed by atoms with Gasteiger partial charge in [0.15, 0.2) is 5.76 Å². The van der Waals surface area contributed by atoms with Crippen molar-refractivity contribution in [3.05, 3.63) is 106 Å². The van der Waals surface area contributed by atoms with Crippen LogP contribution in [0.25, 0.3) is 11.0 Å². The standard InChI is InChI=1S/C23H16FN3O5/c24-18-6-4-15(5-7-18)14-31-20-3-1-2-16(10-20)13-25-26-23(28)22-12-17-11-19(27(29)30)8-9-21(17)32-22/h1-13H,14H2,(H,26,28)/b25-13-. The molecular formula is C23H16FN3O5. The number of rotatable bonds is 7. The topological polar surface area (TPSA) is 107 Å². The van der Waals surface area contributed by atoms with Gasteiger partial charge in [0.1, 0.15) is 23.8 Å². The van der Waals surface area contributed by atoms with E-state index in [4.69, 9.17) is 9.15 Å². The highest BCUT2D eigenvalue weighted by atomic mass is 19.1. The molecule has 0 atom stereocenters. The van der Waals surface area contributed by atoms with E-state index in [0.29, 0.717) is 22.3 Å². The van der Waals surface area contributed by atoms with Gasteiger partial charge in [0, 0.05) is 17.5 Å². The molecular weight excluding hydrogens is 417 g/mol. The SMILES string of the molecule is O=C(N/N=C\c1cccc(OCc2ccc(F)cc2)c1)c1cc2cc([N+](=O)[O-])ccc2o1. The molecule has 0 fully saturated rings. The van der Waals surface area contributed by atoms with Crippen LogP contribution in [0.3, 0.4) is 0 Å². The van der Waals surface area contributed by atoms with Gasteiger partial charge in [-0.2, -0.15) is 5.10 Å². The number of hydrogen-bond donors (Lipinski definition) is 1. The molecule has 8 nitrogen and oxygen atoms in total. The van der Waals surface area contributed by atoms with Gasteiger partial charge < -0.3 is 9.15 Å². The van der Waals surface area contributed by atoms with Crippen molar-refractivity contribution in [3.63, 3.8) is 0 Å². The quantitative estimate of drug-likeness (QED) is 0.255. The van der Waals surface area contributed by atoms with Crippen molar-refractivity contribution in [1.29, 1.82) is 0 Å². The molecule has 9 heteroatoms. The second-order valence-electron chi connectivity index (χ2n) is 6.78. The number of hydrogen-bond acceptors (Lipinski definition) is 6. The molecule has 4 aromatic rings. The molecule has 1 heterocycles. The zero-order valence-corrected chi connectivity index (χ0v) is 16.5. The second kappa shape index (κ2) is 9.09. The Morgan fingerprint density at radius 2 is 1.94 bits per heavy atom. The van der Waals surface area contributed by atoms with Gasteiger partial charge in [0.25, 0.3) is 5.69 Å². The third kappa shape index (κ3) is 4.96. The predicted molar refractivity (Wildman–Crippen MR) is 115 cm³/mol. The first kappa shape index (κ1) is 20.7. The number of carbonyl (C=O) groups excluding carboxylic acids is 1. The van der Waals surface area contributed by atoms with E-state index in [1.807, 2.05) is 0 Å². The lowest BCUT2D eigenvalue weighted by molar-refractivity contribution is -0.384. The average Bonchev–Trinajstić information content (AvgIpc) is 3.22. The van der Waals surface area contributed by atoms with Crippen LogP contribution in [0.2, 0.25) is 0 Å². The number of ether oxygens (including phenoxy) is 1. The molecule has 160 valence electrons. The fourth-order valence-electron chi connectivity index (χ4n) is 2.91. The first-order chi connectivity index (χ1) is 15.5. The number of halogens is 1. The van der Waals surface area contributed by atoms with Crippen LogP contribution >= 0.6 is 0 Å². The van der Waals surface area contributed by atoms with E-state index in [9.17, 15) is 19.3 Å². The Labute approximate surface area is 181 Å². The maximum Gasteiger partial charge on any atom is 0.307 e. The summed E-state index contributed by atoms with van der Waals surface area (Å²) in [6, 6.07) is 18.6. The normalized spacial score (nSPS) is 11.0. The molecule has 0 aliphatic heterocycles. The molecule has 0 aliphatic carbocycles. The van der Waals surface area contributed by atoms with Gasteiger partial charge in [-0.15, -0.1) is 0 Å². The molecule has 0 unspecified atom stereocenters. The van der Waals surface area contributed by atoms with E-state index in [1.165, 1.54) is 42.6 Å². The maximum absolute atomic E-state index is 13.0. The van der Waals surface area contributed by atoms with Crippen molar-refractivity contribution >= 4 is 28.8 Å². The second-order valence-corrected chi connectivity index (χ2v) is 6.78. The Morgan fingerprint density at radius 1 is 1.12 bits per heavy atom. The lowest BCUT2D eigenvalue weighted by Crippen LogP contribution is -2.16. The molecule has 1 amide bonds. The molecule has 1 aromatic heterocycles. The van der Waals surface area contributed by atoms with Crippen LogP contribution in [-0.2, 0) is 6.61 Å². The van der Waals surface area contributed by atoms with Crippen molar-refractivity contribution in [3.8, 4) is 5.75 Å². The number of benzene rings is 3. The molecule has 0 saturated carbocycles. The highest BCUT2D eigenvalue weighted by Gasteiger charge is 2.14. The number of nitrogens with one attached hydrogen (secondary N) is 1. The summed E-state index contributed by atoms with van der Waals surface area (Å²) in [6.45, 7) is 0.280. The lowest BCUT2D eigenvalue weighted by Gasteiger charge is -2.07. The Hall–Kier alpha value is -4.53. The van der Waals surface area contributed by atoms with Crippen molar-refractivity contribution < 1.29 is 23.3 Å². The van der Waals surface area contributed by atoms with Gasteiger partial charge in [-0.05, 0) is 47.5 Å². The van der Waals surface area contributed by atoms with Crippen LogP contribution in [0.1, 0.15) is 21.7 Å². The Balaban J connectivity index is 1.37. The zero-order valence-electron chi connectivity index (χ0n) is 16.5. The fraction of sp³-hybridized carbons (Fsp3) is 0.0435. The van der Waals surface area contributed by atoms with Gasteiger partial charge in [0.05, 0.1) is 11.1 Å². The monoisotopic (exact) mass is 433 g/mol. The summed E-state index contributed by atoms with van der Waals surface area (Å²) >= 11 is 0. The first-order valence-corrected chi connectivity index (χ1v) is 9.47. The summed E-state index contributed by atoms with van der Waals surface area (Å²) < 4.78 is 24.1.